The molecule has 0 spiro atoms. The maximum Gasteiger partial charge on any atom is 0.0273 e. The molecule has 0 saturated heterocycles. The summed E-state index contributed by atoms with van der Waals surface area (Å²) in [7, 11) is 0. The second-order valence-electron chi connectivity index (χ2n) is 7.10. The van der Waals surface area contributed by atoms with Crippen LogP contribution in [0.4, 0.5) is 0 Å². The Morgan fingerprint density at radius 3 is 1.38 bits per heavy atom. The first-order valence-corrected chi connectivity index (χ1v) is 10.6. The van der Waals surface area contributed by atoms with Crippen LogP contribution in [0, 0.1) is 3.57 Å². The van der Waals surface area contributed by atoms with Gasteiger partial charge < -0.3 is 0 Å². The van der Waals surface area contributed by atoms with Crippen LogP contribution in [0.5, 0.6) is 0 Å². The zero-order valence-corrected chi connectivity index (χ0v) is 17.9. The third kappa shape index (κ3) is 3.81. The number of hydrogen-bond donors (Lipinski definition) is 0. The molecule has 0 unspecified atom stereocenters. The van der Waals surface area contributed by atoms with Crippen LogP contribution in [0.1, 0.15) is 0 Å². The van der Waals surface area contributed by atoms with Gasteiger partial charge in [0.15, 0.2) is 0 Å². The van der Waals surface area contributed by atoms with Crippen LogP contribution in [-0.4, -0.2) is 4.98 Å². The minimum absolute atomic E-state index is 1.19. The standard InChI is InChI=1S/C27H18IN/c28-27-11-9-21(10-12-27)25-8-6-22-5-7-24(17-26(22)18-25)20-3-1-19(2-4-20)23-13-15-29-16-14-23/h1-18H. The summed E-state index contributed by atoms with van der Waals surface area (Å²) in [5, 5.41) is 2.52. The van der Waals surface area contributed by atoms with Crippen LogP contribution >= 0.6 is 22.6 Å². The molecular formula is C27H18IN. The van der Waals surface area contributed by atoms with Crippen molar-refractivity contribution in [3.05, 3.63) is 113 Å². The van der Waals surface area contributed by atoms with E-state index in [1.54, 1.807) is 0 Å². The molecule has 29 heavy (non-hydrogen) atoms. The highest BCUT2D eigenvalue weighted by Crippen LogP contribution is 2.30. The maximum absolute atomic E-state index is 4.10. The van der Waals surface area contributed by atoms with Gasteiger partial charge in [-0.25, -0.2) is 0 Å². The van der Waals surface area contributed by atoms with Crippen molar-refractivity contribution < 1.29 is 0 Å². The van der Waals surface area contributed by atoms with E-state index < -0.39 is 0 Å². The summed E-state index contributed by atoms with van der Waals surface area (Å²) in [5.41, 5.74) is 7.35. The average molecular weight is 483 g/mol. The van der Waals surface area contributed by atoms with Gasteiger partial charge in [-0.2, -0.15) is 0 Å². The Balaban J connectivity index is 1.51. The molecule has 0 aliphatic rings. The third-order valence-electron chi connectivity index (χ3n) is 5.25. The van der Waals surface area contributed by atoms with Gasteiger partial charge in [-0.05, 0) is 103 Å². The van der Waals surface area contributed by atoms with Crippen LogP contribution < -0.4 is 0 Å². The van der Waals surface area contributed by atoms with Gasteiger partial charge >= 0.3 is 0 Å². The summed E-state index contributed by atoms with van der Waals surface area (Å²) >= 11 is 2.34. The molecule has 5 aromatic rings. The molecule has 0 radical (unpaired) electrons. The first-order valence-electron chi connectivity index (χ1n) is 9.57. The molecule has 5 rings (SSSR count). The molecule has 138 valence electrons. The fourth-order valence-electron chi connectivity index (χ4n) is 3.65. The van der Waals surface area contributed by atoms with Gasteiger partial charge in [0.2, 0.25) is 0 Å². The van der Waals surface area contributed by atoms with Crippen molar-refractivity contribution in [3.63, 3.8) is 0 Å². The quantitative estimate of drug-likeness (QED) is 0.238. The number of halogens is 1. The Labute approximate surface area is 184 Å². The summed E-state index contributed by atoms with van der Waals surface area (Å²) in [5.74, 6) is 0. The molecule has 0 saturated carbocycles. The van der Waals surface area contributed by atoms with E-state index in [4.69, 9.17) is 0 Å². The Hall–Kier alpha value is -2.98. The van der Waals surface area contributed by atoms with Crippen molar-refractivity contribution >= 4 is 33.4 Å². The zero-order chi connectivity index (χ0) is 19.6. The fourth-order valence-corrected chi connectivity index (χ4v) is 4.01. The molecule has 1 nitrogen and oxygen atoms in total. The highest BCUT2D eigenvalue weighted by molar-refractivity contribution is 14.1. The fraction of sp³-hybridized carbons (Fsp3) is 0. The predicted molar refractivity (Wildman–Crippen MR) is 131 cm³/mol. The largest absolute Gasteiger partial charge is 0.265 e. The molecule has 0 fully saturated rings. The van der Waals surface area contributed by atoms with Crippen LogP contribution in [0.25, 0.3) is 44.2 Å². The summed E-state index contributed by atoms with van der Waals surface area (Å²) in [4.78, 5) is 4.10. The van der Waals surface area contributed by atoms with Gasteiger partial charge in [-0.1, -0.05) is 60.7 Å². The summed E-state index contributed by atoms with van der Waals surface area (Å²) < 4.78 is 1.25. The van der Waals surface area contributed by atoms with Crippen LogP contribution in [-0.2, 0) is 0 Å². The number of benzene rings is 4. The number of aromatic nitrogens is 1. The van der Waals surface area contributed by atoms with E-state index in [2.05, 4.69) is 113 Å². The van der Waals surface area contributed by atoms with Gasteiger partial charge in [0, 0.05) is 16.0 Å². The zero-order valence-electron chi connectivity index (χ0n) is 15.7. The van der Waals surface area contributed by atoms with Crippen molar-refractivity contribution in [3.8, 4) is 33.4 Å². The predicted octanol–water partition coefficient (Wildman–Crippen LogP) is 7.84. The van der Waals surface area contributed by atoms with Gasteiger partial charge in [0.1, 0.15) is 0 Å². The minimum atomic E-state index is 1.19. The highest BCUT2D eigenvalue weighted by atomic mass is 127. The molecule has 0 amide bonds. The van der Waals surface area contributed by atoms with Gasteiger partial charge in [0.25, 0.3) is 0 Å². The summed E-state index contributed by atoms with van der Waals surface area (Å²) in [6, 6.07) is 34.9. The van der Waals surface area contributed by atoms with E-state index in [-0.39, 0.29) is 0 Å². The van der Waals surface area contributed by atoms with E-state index in [9.17, 15) is 0 Å². The van der Waals surface area contributed by atoms with Crippen molar-refractivity contribution in [2.75, 3.05) is 0 Å². The van der Waals surface area contributed by atoms with Crippen LogP contribution in [0.15, 0.2) is 109 Å². The van der Waals surface area contributed by atoms with Crippen molar-refractivity contribution in [2.45, 2.75) is 0 Å². The summed E-state index contributed by atoms with van der Waals surface area (Å²) in [6.07, 6.45) is 3.66. The van der Waals surface area contributed by atoms with Gasteiger partial charge in [-0.3, -0.25) is 4.98 Å². The molecule has 0 atom stereocenters. The lowest BCUT2D eigenvalue weighted by Gasteiger charge is -2.08. The average Bonchev–Trinajstić information content (AvgIpc) is 2.79. The molecular weight excluding hydrogens is 465 g/mol. The minimum Gasteiger partial charge on any atom is -0.265 e. The Bertz CT molecular complexity index is 1270. The number of pyridine rings is 1. The Morgan fingerprint density at radius 1 is 0.414 bits per heavy atom. The Morgan fingerprint density at radius 2 is 0.828 bits per heavy atom. The topological polar surface area (TPSA) is 12.9 Å². The first-order chi connectivity index (χ1) is 14.3. The molecule has 4 aromatic carbocycles. The SMILES string of the molecule is Ic1ccc(-c2ccc3ccc(-c4ccc(-c5ccncc5)cc4)cc3c2)cc1. The van der Waals surface area contributed by atoms with Crippen LogP contribution in [0.3, 0.4) is 0 Å². The molecule has 0 aliphatic heterocycles. The lowest BCUT2D eigenvalue weighted by Crippen LogP contribution is -1.83. The van der Waals surface area contributed by atoms with Crippen LogP contribution in [0.2, 0.25) is 0 Å². The van der Waals surface area contributed by atoms with E-state index in [1.807, 2.05) is 24.5 Å². The van der Waals surface area contributed by atoms with Crippen molar-refractivity contribution in [1.82, 2.24) is 4.98 Å². The lowest BCUT2D eigenvalue weighted by atomic mass is 9.96. The molecule has 1 heterocycles. The smallest absolute Gasteiger partial charge is 0.0273 e. The third-order valence-corrected chi connectivity index (χ3v) is 5.97. The normalized spacial score (nSPS) is 10.9. The molecule has 0 N–H and O–H groups in total. The maximum atomic E-state index is 4.10. The van der Waals surface area contributed by atoms with E-state index in [0.717, 1.165) is 0 Å². The van der Waals surface area contributed by atoms with E-state index in [0.29, 0.717) is 0 Å². The second kappa shape index (κ2) is 7.80. The van der Waals surface area contributed by atoms with Crippen molar-refractivity contribution in [2.24, 2.45) is 0 Å². The Kier molecular flexibility index (Phi) is 4.86. The van der Waals surface area contributed by atoms with E-state index >= 15 is 0 Å². The molecule has 0 aliphatic carbocycles. The second-order valence-corrected chi connectivity index (χ2v) is 8.34. The number of nitrogens with zero attached hydrogens (tertiary/aromatic N) is 1. The molecule has 0 bridgehead atoms. The molecule has 1 aromatic heterocycles. The van der Waals surface area contributed by atoms with Gasteiger partial charge in [0.05, 0.1) is 0 Å². The lowest BCUT2D eigenvalue weighted by molar-refractivity contribution is 1.33. The molecule has 2 heteroatoms. The number of rotatable bonds is 3. The monoisotopic (exact) mass is 483 g/mol. The number of fused-ring (bicyclic) bond motifs is 1. The number of hydrogen-bond acceptors (Lipinski definition) is 1. The van der Waals surface area contributed by atoms with Crippen molar-refractivity contribution in [1.29, 1.82) is 0 Å². The van der Waals surface area contributed by atoms with Gasteiger partial charge in [-0.15, -0.1) is 0 Å². The highest BCUT2D eigenvalue weighted by Gasteiger charge is 2.04. The van der Waals surface area contributed by atoms with E-state index in [1.165, 1.54) is 47.7 Å². The summed E-state index contributed by atoms with van der Waals surface area (Å²) in [6.45, 7) is 0. The first kappa shape index (κ1) is 18.1.